The van der Waals surface area contributed by atoms with Gasteiger partial charge in [0.2, 0.25) is 0 Å². The van der Waals surface area contributed by atoms with Gasteiger partial charge in [0.15, 0.2) is 17.5 Å². The van der Waals surface area contributed by atoms with E-state index in [4.69, 9.17) is 15.0 Å². The monoisotopic (exact) mass is 829 g/mol. The van der Waals surface area contributed by atoms with Crippen LogP contribution in [0.4, 0.5) is 0 Å². The molecule has 7 nitrogen and oxygen atoms in total. The van der Waals surface area contributed by atoms with E-state index in [0.717, 1.165) is 77.6 Å². The highest BCUT2D eigenvalue weighted by Gasteiger charge is 2.25. The molecule has 0 saturated carbocycles. The van der Waals surface area contributed by atoms with Crippen molar-refractivity contribution in [3.8, 4) is 57.3 Å². The van der Waals surface area contributed by atoms with Crippen LogP contribution in [0.2, 0.25) is 0 Å². The van der Waals surface area contributed by atoms with Gasteiger partial charge in [-0.1, -0.05) is 146 Å². The Morgan fingerprint density at radius 1 is 0.338 bits per heavy atom. The zero-order valence-corrected chi connectivity index (χ0v) is 34.8. The van der Waals surface area contributed by atoms with E-state index in [1.54, 1.807) is 6.07 Å². The molecule has 0 saturated heterocycles. The van der Waals surface area contributed by atoms with Gasteiger partial charge in [0.25, 0.3) is 0 Å². The molecular weight excluding hydrogens is 795 g/mol. The van der Waals surface area contributed by atoms with Crippen LogP contribution >= 0.6 is 0 Å². The molecule has 0 bridgehead atoms. The van der Waals surface area contributed by atoms with Crippen LogP contribution in [0.3, 0.4) is 0 Å². The molecule has 13 aromatic rings. The summed E-state index contributed by atoms with van der Waals surface area (Å²) in [4.78, 5) is 15.5. The highest BCUT2D eigenvalue weighted by Crippen LogP contribution is 2.44. The Morgan fingerprint density at radius 3 is 1.43 bits per heavy atom. The Kier molecular flexibility index (Phi) is 8.14. The van der Waals surface area contributed by atoms with Gasteiger partial charge < -0.3 is 13.7 Å². The molecule has 0 unspecified atom stereocenters. The van der Waals surface area contributed by atoms with E-state index in [9.17, 15) is 5.26 Å². The van der Waals surface area contributed by atoms with Crippen molar-refractivity contribution in [3.63, 3.8) is 0 Å². The van der Waals surface area contributed by atoms with Crippen molar-refractivity contribution in [1.29, 1.82) is 5.26 Å². The molecule has 4 heterocycles. The molecule has 0 aliphatic heterocycles. The Labute approximate surface area is 373 Å². The van der Waals surface area contributed by atoms with Crippen LogP contribution in [0.1, 0.15) is 5.56 Å². The first kappa shape index (κ1) is 36.5. The largest absolute Gasteiger partial charge is 0.309 e. The standard InChI is InChI=1S/C58H35N7/c59-36-37-17-14-20-39(35-37)57-60-56(38-18-2-1-3-19-38)61-58(62-57)44-25-8-13-31-50(44)65-52-33-16-32-51(63-46-27-9-4-21-40(46)41-22-5-10-28-47(41)63)54(52)45-26-15-34-53(55(45)65)64-48-29-11-6-23-42(48)43-24-7-12-30-49(43)64/h1-35H. The summed E-state index contributed by atoms with van der Waals surface area (Å²) in [7, 11) is 0. The van der Waals surface area contributed by atoms with Gasteiger partial charge in [0.1, 0.15) is 0 Å². The fourth-order valence-corrected chi connectivity index (χ4v) is 9.99. The maximum Gasteiger partial charge on any atom is 0.166 e. The molecule has 7 heteroatoms. The Hall–Kier alpha value is -9.12. The van der Waals surface area contributed by atoms with Crippen LogP contribution in [0, 0.1) is 11.3 Å². The lowest BCUT2D eigenvalue weighted by Gasteiger charge is -2.17. The third-order valence-electron chi connectivity index (χ3n) is 12.7. The highest BCUT2D eigenvalue weighted by atomic mass is 15.1. The third kappa shape index (κ3) is 5.58. The van der Waals surface area contributed by atoms with Crippen LogP contribution in [0.5, 0.6) is 0 Å². The minimum Gasteiger partial charge on any atom is -0.309 e. The molecule has 0 radical (unpaired) electrons. The van der Waals surface area contributed by atoms with Crippen LogP contribution in [0.25, 0.3) is 117 Å². The number of para-hydroxylation sites is 6. The van der Waals surface area contributed by atoms with Gasteiger partial charge in [-0.2, -0.15) is 5.26 Å². The lowest BCUT2D eigenvalue weighted by Crippen LogP contribution is -2.05. The van der Waals surface area contributed by atoms with Gasteiger partial charge in [0, 0.05) is 49.0 Å². The number of fused-ring (bicyclic) bond motifs is 9. The number of nitrogens with zero attached hydrogens (tertiary/aromatic N) is 7. The summed E-state index contributed by atoms with van der Waals surface area (Å²) >= 11 is 0. The van der Waals surface area contributed by atoms with E-state index in [2.05, 4.69) is 171 Å². The maximum absolute atomic E-state index is 9.87. The van der Waals surface area contributed by atoms with E-state index in [-0.39, 0.29) is 0 Å². The van der Waals surface area contributed by atoms with E-state index in [0.29, 0.717) is 23.0 Å². The zero-order chi connectivity index (χ0) is 43.0. The smallest absolute Gasteiger partial charge is 0.166 e. The molecule has 0 atom stereocenters. The molecule has 0 amide bonds. The second kappa shape index (κ2) is 14.5. The number of nitriles is 1. The van der Waals surface area contributed by atoms with Gasteiger partial charge in [0.05, 0.1) is 61.8 Å². The van der Waals surface area contributed by atoms with Crippen molar-refractivity contribution >= 4 is 65.4 Å². The number of benzene rings is 9. The number of hydrogen-bond acceptors (Lipinski definition) is 4. The van der Waals surface area contributed by atoms with Crippen molar-refractivity contribution in [2.75, 3.05) is 0 Å². The summed E-state index contributed by atoms with van der Waals surface area (Å²) in [6.45, 7) is 0. The molecular formula is C58H35N7. The SMILES string of the molecule is N#Cc1cccc(-c2nc(-c3ccccc3)nc(-c3ccccc3-n3c4cccc(-n5c6ccccc6c6ccccc65)c4c4cccc(-n5c6ccccc6c6ccccc65)c43)n2)c1. The first-order valence-electron chi connectivity index (χ1n) is 21.7. The summed E-state index contributed by atoms with van der Waals surface area (Å²) in [6.07, 6.45) is 0. The van der Waals surface area contributed by atoms with Crippen molar-refractivity contribution in [2.24, 2.45) is 0 Å². The molecule has 65 heavy (non-hydrogen) atoms. The van der Waals surface area contributed by atoms with Crippen LogP contribution < -0.4 is 0 Å². The molecule has 0 aliphatic carbocycles. The second-order valence-electron chi connectivity index (χ2n) is 16.3. The lowest BCUT2D eigenvalue weighted by atomic mass is 10.1. The average molecular weight is 830 g/mol. The summed E-state index contributed by atoms with van der Waals surface area (Å²) < 4.78 is 7.26. The average Bonchev–Trinajstić information content (AvgIpc) is 4.03. The fourth-order valence-electron chi connectivity index (χ4n) is 9.99. The molecule has 13 rings (SSSR count). The normalized spacial score (nSPS) is 11.7. The minimum absolute atomic E-state index is 0.489. The topological polar surface area (TPSA) is 77.2 Å². The third-order valence-corrected chi connectivity index (χ3v) is 12.7. The van der Waals surface area contributed by atoms with E-state index < -0.39 is 0 Å². The van der Waals surface area contributed by atoms with Crippen molar-refractivity contribution in [3.05, 3.63) is 218 Å². The number of aromatic nitrogens is 6. The van der Waals surface area contributed by atoms with E-state index in [1.807, 2.05) is 54.6 Å². The van der Waals surface area contributed by atoms with Crippen molar-refractivity contribution in [2.45, 2.75) is 0 Å². The summed E-state index contributed by atoms with van der Waals surface area (Å²) in [5, 5.41) is 16.9. The van der Waals surface area contributed by atoms with Crippen LogP contribution in [0.15, 0.2) is 212 Å². The number of rotatable bonds is 6. The minimum atomic E-state index is 0.489. The number of hydrogen-bond donors (Lipinski definition) is 0. The summed E-state index contributed by atoms with van der Waals surface area (Å²) in [5.41, 5.74) is 12.7. The quantitative estimate of drug-likeness (QED) is 0.167. The molecule has 302 valence electrons. The maximum atomic E-state index is 9.87. The lowest BCUT2D eigenvalue weighted by molar-refractivity contribution is 1.06. The van der Waals surface area contributed by atoms with Crippen LogP contribution in [-0.4, -0.2) is 28.7 Å². The van der Waals surface area contributed by atoms with Gasteiger partial charge in [-0.15, -0.1) is 0 Å². The second-order valence-corrected chi connectivity index (χ2v) is 16.3. The van der Waals surface area contributed by atoms with Crippen molar-refractivity contribution in [1.82, 2.24) is 28.7 Å². The first-order chi connectivity index (χ1) is 32.2. The van der Waals surface area contributed by atoms with Gasteiger partial charge in [-0.25, -0.2) is 15.0 Å². The molecule has 0 fully saturated rings. The summed E-state index contributed by atoms with van der Waals surface area (Å²) in [5.74, 6) is 1.56. The van der Waals surface area contributed by atoms with Crippen molar-refractivity contribution < 1.29 is 0 Å². The van der Waals surface area contributed by atoms with Gasteiger partial charge >= 0.3 is 0 Å². The fraction of sp³-hybridized carbons (Fsp3) is 0. The Bertz CT molecular complexity index is 3980. The van der Waals surface area contributed by atoms with Crippen LogP contribution in [-0.2, 0) is 0 Å². The molecule has 0 N–H and O–H groups in total. The zero-order valence-electron chi connectivity index (χ0n) is 34.8. The predicted octanol–water partition coefficient (Wildman–Crippen LogP) is 14.0. The Balaban J connectivity index is 1.17. The highest BCUT2D eigenvalue weighted by molar-refractivity contribution is 6.19. The molecule has 0 aliphatic rings. The molecule has 4 aromatic heterocycles. The molecule has 0 spiro atoms. The first-order valence-corrected chi connectivity index (χ1v) is 21.7. The van der Waals surface area contributed by atoms with Gasteiger partial charge in [-0.3, -0.25) is 0 Å². The summed E-state index contributed by atoms with van der Waals surface area (Å²) in [6, 6.07) is 76.3. The molecule has 9 aromatic carbocycles. The van der Waals surface area contributed by atoms with Gasteiger partial charge in [-0.05, 0) is 66.7 Å². The van der Waals surface area contributed by atoms with E-state index in [1.165, 1.54) is 21.5 Å². The Morgan fingerprint density at radius 2 is 0.785 bits per heavy atom. The predicted molar refractivity (Wildman–Crippen MR) is 264 cm³/mol. The van der Waals surface area contributed by atoms with E-state index >= 15 is 0 Å².